The first-order chi connectivity index (χ1) is 9.29. The van der Waals surface area contributed by atoms with Crippen molar-refractivity contribution in [1.29, 1.82) is 0 Å². The fraction of sp³-hybridized carbons (Fsp3) is 0.941. The molecule has 0 fully saturated rings. The number of aliphatic hydroxyl groups is 1. The third-order valence-corrected chi connectivity index (χ3v) is 8.91. The van der Waals surface area contributed by atoms with Gasteiger partial charge in [-0.05, 0) is 0 Å². The van der Waals surface area contributed by atoms with Crippen LogP contribution in [0.1, 0.15) is 80.1 Å². The second kappa shape index (κ2) is 7.42. The van der Waals surface area contributed by atoms with Gasteiger partial charge in [0.15, 0.2) is 0 Å². The molecule has 2 nitrogen and oxygen atoms in total. The summed E-state index contributed by atoms with van der Waals surface area (Å²) in [6.07, 6.45) is 6.43. The van der Waals surface area contributed by atoms with Crippen LogP contribution in [0.4, 0.5) is 0 Å². The molecule has 1 heterocycles. The van der Waals surface area contributed by atoms with E-state index >= 15 is 0 Å². The van der Waals surface area contributed by atoms with Crippen LogP contribution in [0.5, 0.6) is 0 Å². The summed E-state index contributed by atoms with van der Waals surface area (Å²) < 4.78 is 1.59. The zero-order chi connectivity index (χ0) is 15.4. The van der Waals surface area contributed by atoms with Gasteiger partial charge in [0.25, 0.3) is 0 Å². The Kier molecular flexibility index (Phi) is 6.76. The monoisotopic (exact) mass is 347 g/mol. The number of aliphatic imine (C=N–C) groups is 1. The average Bonchev–Trinajstić information content (AvgIpc) is 2.38. The van der Waals surface area contributed by atoms with Gasteiger partial charge in [-0.25, -0.2) is 0 Å². The van der Waals surface area contributed by atoms with E-state index in [-0.39, 0.29) is 4.31 Å². The molecule has 1 aliphatic heterocycles. The molecule has 1 unspecified atom stereocenters. The minimum atomic E-state index is -0.809. The van der Waals surface area contributed by atoms with Crippen molar-refractivity contribution >= 4 is 19.6 Å². The molecule has 0 saturated heterocycles. The number of unbranched alkanes of at least 4 members (excludes halogenated alkanes) is 2. The van der Waals surface area contributed by atoms with Crippen LogP contribution in [0.15, 0.2) is 4.99 Å². The molecular formula is C17H33NOSe. The van der Waals surface area contributed by atoms with Crippen LogP contribution in [0.3, 0.4) is 0 Å². The van der Waals surface area contributed by atoms with Crippen molar-refractivity contribution in [3.63, 3.8) is 0 Å². The SMILES string of the molecule is CCCCCC1=NC(O)(CC)CC(C(C)C)(C(C)C)[Se]1. The molecule has 1 aliphatic rings. The Morgan fingerprint density at radius 3 is 2.20 bits per heavy atom. The standard InChI is InChI=1S/C17H33NOSe/c1-7-9-10-11-15-18-16(19,8-2)12-17(20-15,13(3)4)14(5)6/h13-14,19H,7-12H2,1-6H3. The van der Waals surface area contributed by atoms with Gasteiger partial charge in [0.1, 0.15) is 0 Å². The predicted molar refractivity (Wildman–Crippen MR) is 89.6 cm³/mol. The Balaban J connectivity index is 3.00. The van der Waals surface area contributed by atoms with E-state index < -0.39 is 5.72 Å². The first kappa shape index (κ1) is 18.2. The Hall–Kier alpha value is 0.149. The summed E-state index contributed by atoms with van der Waals surface area (Å²) in [7, 11) is 0. The number of nitrogens with zero attached hydrogens (tertiary/aromatic N) is 1. The molecule has 20 heavy (non-hydrogen) atoms. The molecule has 0 aromatic rings. The summed E-state index contributed by atoms with van der Waals surface area (Å²) >= 11 is 0.421. The summed E-state index contributed by atoms with van der Waals surface area (Å²) in [6, 6.07) is 0. The van der Waals surface area contributed by atoms with Crippen LogP contribution in [-0.2, 0) is 0 Å². The van der Waals surface area contributed by atoms with Gasteiger partial charge in [0.2, 0.25) is 0 Å². The van der Waals surface area contributed by atoms with Crippen molar-refractivity contribution < 1.29 is 5.11 Å². The van der Waals surface area contributed by atoms with E-state index in [1.54, 1.807) is 0 Å². The summed E-state index contributed by atoms with van der Waals surface area (Å²) in [5.74, 6) is 1.22. The maximum atomic E-state index is 10.9. The van der Waals surface area contributed by atoms with Gasteiger partial charge < -0.3 is 0 Å². The quantitative estimate of drug-likeness (QED) is 0.528. The molecule has 118 valence electrons. The molecule has 0 bridgehead atoms. The summed E-state index contributed by atoms with van der Waals surface area (Å²) in [5.41, 5.74) is -0.809. The van der Waals surface area contributed by atoms with Gasteiger partial charge in [-0.3, -0.25) is 0 Å². The second-order valence-electron chi connectivity index (χ2n) is 6.84. The molecule has 0 amide bonds. The maximum absolute atomic E-state index is 10.9. The molecule has 0 radical (unpaired) electrons. The van der Waals surface area contributed by atoms with E-state index in [1.807, 2.05) is 0 Å². The van der Waals surface area contributed by atoms with Crippen LogP contribution >= 0.6 is 0 Å². The van der Waals surface area contributed by atoms with Gasteiger partial charge in [0, 0.05) is 0 Å². The van der Waals surface area contributed by atoms with Crippen LogP contribution in [0.2, 0.25) is 4.31 Å². The van der Waals surface area contributed by atoms with Crippen molar-refractivity contribution in [2.24, 2.45) is 16.8 Å². The van der Waals surface area contributed by atoms with E-state index in [2.05, 4.69) is 41.5 Å². The average molecular weight is 346 g/mol. The third-order valence-electron chi connectivity index (χ3n) is 4.72. The third kappa shape index (κ3) is 4.08. The van der Waals surface area contributed by atoms with Crippen molar-refractivity contribution in [2.45, 2.75) is 90.1 Å². The molecule has 0 saturated carbocycles. The summed E-state index contributed by atoms with van der Waals surface area (Å²) in [6.45, 7) is 13.6. The Morgan fingerprint density at radius 1 is 1.15 bits per heavy atom. The predicted octanol–water partition coefficient (Wildman–Crippen LogP) is 4.64. The number of hydrogen-bond acceptors (Lipinski definition) is 2. The first-order valence-corrected chi connectivity index (χ1v) is 10.0. The van der Waals surface area contributed by atoms with E-state index in [0.29, 0.717) is 26.8 Å². The fourth-order valence-electron chi connectivity index (χ4n) is 3.14. The van der Waals surface area contributed by atoms with Crippen molar-refractivity contribution in [3.05, 3.63) is 0 Å². The molecule has 1 N–H and O–H groups in total. The van der Waals surface area contributed by atoms with Gasteiger partial charge >= 0.3 is 132 Å². The van der Waals surface area contributed by atoms with Gasteiger partial charge in [-0.1, -0.05) is 0 Å². The molecule has 0 spiro atoms. The van der Waals surface area contributed by atoms with Gasteiger partial charge in [-0.15, -0.1) is 0 Å². The molecule has 3 heteroatoms. The Labute approximate surface area is 132 Å². The van der Waals surface area contributed by atoms with Gasteiger partial charge in [0.05, 0.1) is 0 Å². The van der Waals surface area contributed by atoms with E-state index in [9.17, 15) is 5.11 Å². The summed E-state index contributed by atoms with van der Waals surface area (Å²) in [4.78, 5) is 4.76. The number of rotatable bonds is 7. The van der Waals surface area contributed by atoms with E-state index in [4.69, 9.17) is 4.99 Å². The molecule has 1 rings (SSSR count). The van der Waals surface area contributed by atoms with Crippen molar-refractivity contribution in [2.75, 3.05) is 0 Å². The van der Waals surface area contributed by atoms with Crippen LogP contribution in [0.25, 0.3) is 0 Å². The first-order valence-electron chi connectivity index (χ1n) is 8.29. The van der Waals surface area contributed by atoms with E-state index in [1.165, 1.54) is 23.9 Å². The molecular weight excluding hydrogens is 313 g/mol. The second-order valence-corrected chi connectivity index (χ2v) is 9.85. The van der Waals surface area contributed by atoms with Crippen molar-refractivity contribution in [1.82, 2.24) is 0 Å². The summed E-state index contributed by atoms with van der Waals surface area (Å²) in [5, 5.41) is 10.9. The molecule has 0 aliphatic carbocycles. The topological polar surface area (TPSA) is 32.6 Å². The minimum absolute atomic E-state index is 0.265. The zero-order valence-electron chi connectivity index (χ0n) is 14.2. The van der Waals surface area contributed by atoms with Crippen LogP contribution < -0.4 is 0 Å². The molecule has 0 aromatic heterocycles. The fourth-order valence-corrected chi connectivity index (χ4v) is 6.66. The Bertz CT molecular complexity index is 330. The zero-order valence-corrected chi connectivity index (χ0v) is 15.9. The Morgan fingerprint density at radius 2 is 1.75 bits per heavy atom. The van der Waals surface area contributed by atoms with E-state index in [0.717, 1.165) is 19.3 Å². The number of hydrogen-bond donors (Lipinski definition) is 1. The van der Waals surface area contributed by atoms with Gasteiger partial charge in [-0.2, -0.15) is 0 Å². The normalized spacial score (nSPS) is 26.1. The van der Waals surface area contributed by atoms with Crippen LogP contribution in [-0.4, -0.2) is 30.4 Å². The molecule has 1 atom stereocenters. The van der Waals surface area contributed by atoms with Crippen molar-refractivity contribution in [3.8, 4) is 0 Å². The molecule has 0 aromatic carbocycles. The van der Waals surface area contributed by atoms with Crippen LogP contribution in [0, 0.1) is 11.8 Å².